The molecule has 1 spiro atoms. The minimum atomic E-state index is 0.332. The Labute approximate surface area is 162 Å². The Morgan fingerprint density at radius 1 is 0.963 bits per heavy atom. The average Bonchev–Trinajstić information content (AvgIpc) is 3.07. The fraction of sp³-hybridized carbons (Fsp3) is 0.520. The van der Waals surface area contributed by atoms with Gasteiger partial charge in [-0.05, 0) is 62.3 Å². The van der Waals surface area contributed by atoms with Gasteiger partial charge >= 0.3 is 0 Å². The minimum Gasteiger partial charge on any atom is -0.456 e. The van der Waals surface area contributed by atoms with Crippen LogP contribution in [0.4, 0.5) is 5.69 Å². The van der Waals surface area contributed by atoms with Crippen LogP contribution in [-0.2, 0) is 0 Å². The molecule has 2 fully saturated rings. The van der Waals surface area contributed by atoms with Crippen LogP contribution in [0, 0.1) is 12.3 Å². The van der Waals surface area contributed by atoms with Gasteiger partial charge in [0.15, 0.2) is 0 Å². The molecule has 2 heterocycles. The second-order valence-corrected chi connectivity index (χ2v) is 9.73. The number of furan rings is 1. The molecular formula is C25H31NO. The van der Waals surface area contributed by atoms with Crippen molar-refractivity contribution in [3.05, 3.63) is 42.0 Å². The van der Waals surface area contributed by atoms with Gasteiger partial charge in [-0.15, -0.1) is 0 Å². The summed E-state index contributed by atoms with van der Waals surface area (Å²) in [7, 11) is 0. The summed E-state index contributed by atoms with van der Waals surface area (Å²) in [5.74, 6) is 0. The van der Waals surface area contributed by atoms with E-state index in [2.05, 4.69) is 69.0 Å². The van der Waals surface area contributed by atoms with Gasteiger partial charge < -0.3 is 9.32 Å². The molecule has 1 aliphatic carbocycles. The molecule has 1 unspecified atom stereocenters. The van der Waals surface area contributed by atoms with Crippen molar-refractivity contribution in [1.29, 1.82) is 0 Å². The molecule has 0 amide bonds. The van der Waals surface area contributed by atoms with E-state index in [1.54, 1.807) is 0 Å². The van der Waals surface area contributed by atoms with Gasteiger partial charge in [-0.3, -0.25) is 0 Å². The smallest absolute Gasteiger partial charge is 0.135 e. The Kier molecular flexibility index (Phi) is 3.67. The van der Waals surface area contributed by atoms with Crippen molar-refractivity contribution in [1.82, 2.24) is 0 Å². The van der Waals surface area contributed by atoms with Gasteiger partial charge in [0.1, 0.15) is 11.2 Å². The van der Waals surface area contributed by atoms with E-state index in [0.29, 0.717) is 17.0 Å². The number of para-hydroxylation sites is 1. The Morgan fingerprint density at radius 3 is 2.48 bits per heavy atom. The van der Waals surface area contributed by atoms with Crippen LogP contribution in [0.5, 0.6) is 0 Å². The first-order valence-corrected chi connectivity index (χ1v) is 10.6. The summed E-state index contributed by atoms with van der Waals surface area (Å²) in [6.07, 6.45) is 8.12. The molecule has 142 valence electrons. The predicted molar refractivity (Wildman–Crippen MR) is 115 cm³/mol. The molecule has 1 saturated heterocycles. The number of fused-ring (bicyclic) bond motifs is 3. The van der Waals surface area contributed by atoms with E-state index in [4.69, 9.17) is 4.42 Å². The molecule has 0 radical (unpaired) electrons. The standard InChI is InChI=1S/C25H31NO/c1-17-14-23-20(19-10-6-7-11-22(19)27-23)15-21(17)26-18(2)24(3,4)16-25(26)12-8-5-9-13-25/h6-7,10-11,14-15,18H,5,8-9,12-13,16H2,1-4H3. The number of hydrogen-bond donors (Lipinski definition) is 0. The molecule has 2 aliphatic rings. The van der Waals surface area contributed by atoms with Crippen molar-refractivity contribution < 1.29 is 4.42 Å². The maximum atomic E-state index is 6.14. The van der Waals surface area contributed by atoms with Crippen LogP contribution < -0.4 is 4.90 Å². The zero-order valence-electron chi connectivity index (χ0n) is 17.1. The van der Waals surface area contributed by atoms with Crippen LogP contribution in [-0.4, -0.2) is 11.6 Å². The molecule has 5 rings (SSSR count). The minimum absolute atomic E-state index is 0.332. The molecule has 1 aliphatic heterocycles. The molecule has 0 bridgehead atoms. The molecule has 27 heavy (non-hydrogen) atoms. The monoisotopic (exact) mass is 361 g/mol. The van der Waals surface area contributed by atoms with Crippen LogP contribution in [0.1, 0.15) is 64.9 Å². The molecule has 3 aromatic rings. The van der Waals surface area contributed by atoms with Crippen LogP contribution in [0.2, 0.25) is 0 Å². The number of nitrogens with zero attached hydrogens (tertiary/aromatic N) is 1. The van der Waals surface area contributed by atoms with E-state index in [1.807, 2.05) is 0 Å². The van der Waals surface area contributed by atoms with Crippen LogP contribution in [0.25, 0.3) is 21.9 Å². The first-order chi connectivity index (χ1) is 12.9. The van der Waals surface area contributed by atoms with Gasteiger partial charge in [0, 0.05) is 28.0 Å². The van der Waals surface area contributed by atoms with Crippen molar-refractivity contribution in [3.63, 3.8) is 0 Å². The zero-order valence-corrected chi connectivity index (χ0v) is 17.1. The highest BCUT2D eigenvalue weighted by Crippen LogP contribution is 2.55. The lowest BCUT2D eigenvalue weighted by atomic mass is 9.74. The summed E-state index contributed by atoms with van der Waals surface area (Å²) >= 11 is 0. The van der Waals surface area contributed by atoms with Crippen LogP contribution >= 0.6 is 0 Å². The van der Waals surface area contributed by atoms with E-state index < -0.39 is 0 Å². The summed E-state index contributed by atoms with van der Waals surface area (Å²) in [4.78, 5) is 2.82. The van der Waals surface area contributed by atoms with Gasteiger partial charge in [0.2, 0.25) is 0 Å². The third kappa shape index (κ3) is 2.45. The van der Waals surface area contributed by atoms with E-state index in [0.717, 1.165) is 11.2 Å². The van der Waals surface area contributed by atoms with Crippen molar-refractivity contribution in [2.75, 3.05) is 4.90 Å². The molecule has 0 N–H and O–H groups in total. The third-order valence-corrected chi connectivity index (χ3v) is 7.55. The highest BCUT2D eigenvalue weighted by Gasteiger charge is 2.53. The summed E-state index contributed by atoms with van der Waals surface area (Å²) in [6.45, 7) is 9.64. The summed E-state index contributed by atoms with van der Waals surface area (Å²) in [5.41, 5.74) is 5.45. The zero-order chi connectivity index (χ0) is 18.8. The fourth-order valence-electron chi connectivity index (χ4n) is 6.05. The molecular weight excluding hydrogens is 330 g/mol. The fourth-order valence-corrected chi connectivity index (χ4v) is 6.05. The highest BCUT2D eigenvalue weighted by atomic mass is 16.3. The normalized spacial score (nSPS) is 24.3. The Morgan fingerprint density at radius 2 is 1.70 bits per heavy atom. The molecule has 1 atom stereocenters. The van der Waals surface area contributed by atoms with E-state index in [-0.39, 0.29) is 0 Å². The van der Waals surface area contributed by atoms with Gasteiger partial charge in [0.05, 0.1) is 0 Å². The Hall–Kier alpha value is -1.96. The second kappa shape index (κ2) is 5.77. The van der Waals surface area contributed by atoms with E-state index in [1.165, 1.54) is 60.5 Å². The summed E-state index contributed by atoms with van der Waals surface area (Å²) in [5, 5.41) is 2.49. The summed E-state index contributed by atoms with van der Waals surface area (Å²) in [6, 6.07) is 13.7. The van der Waals surface area contributed by atoms with Gasteiger partial charge in [-0.25, -0.2) is 0 Å². The SMILES string of the molecule is Cc1cc2oc3ccccc3c2cc1N1C(C)C(C)(C)CC12CCCCC2. The van der Waals surface area contributed by atoms with E-state index in [9.17, 15) is 0 Å². The largest absolute Gasteiger partial charge is 0.456 e. The third-order valence-electron chi connectivity index (χ3n) is 7.55. The lowest BCUT2D eigenvalue weighted by molar-refractivity contribution is 0.260. The predicted octanol–water partition coefficient (Wildman–Crippen LogP) is 7.22. The maximum Gasteiger partial charge on any atom is 0.135 e. The Bertz CT molecular complexity index is 1010. The molecule has 1 saturated carbocycles. The molecule has 2 nitrogen and oxygen atoms in total. The number of rotatable bonds is 1. The Balaban J connectivity index is 1.72. The summed E-state index contributed by atoms with van der Waals surface area (Å²) < 4.78 is 6.14. The molecule has 2 aromatic carbocycles. The molecule has 1 aromatic heterocycles. The van der Waals surface area contributed by atoms with Crippen molar-refractivity contribution in [3.8, 4) is 0 Å². The van der Waals surface area contributed by atoms with Gasteiger partial charge in [0.25, 0.3) is 0 Å². The first-order valence-electron chi connectivity index (χ1n) is 10.6. The highest BCUT2D eigenvalue weighted by molar-refractivity contribution is 6.06. The van der Waals surface area contributed by atoms with Crippen molar-refractivity contribution >= 4 is 27.6 Å². The number of aryl methyl sites for hydroxylation is 1. The van der Waals surface area contributed by atoms with Crippen molar-refractivity contribution in [2.45, 2.75) is 77.8 Å². The van der Waals surface area contributed by atoms with Crippen LogP contribution in [0.15, 0.2) is 40.8 Å². The maximum absolute atomic E-state index is 6.14. The number of benzene rings is 2. The lowest BCUT2D eigenvalue weighted by Gasteiger charge is -2.45. The quantitative estimate of drug-likeness (QED) is 0.455. The van der Waals surface area contributed by atoms with Gasteiger partial charge in [-0.1, -0.05) is 51.3 Å². The first kappa shape index (κ1) is 17.2. The topological polar surface area (TPSA) is 16.4 Å². The number of hydrogen-bond acceptors (Lipinski definition) is 2. The molecule has 2 heteroatoms. The lowest BCUT2D eigenvalue weighted by Crippen LogP contribution is -2.48. The number of anilines is 1. The van der Waals surface area contributed by atoms with Crippen LogP contribution in [0.3, 0.4) is 0 Å². The van der Waals surface area contributed by atoms with Crippen molar-refractivity contribution in [2.24, 2.45) is 5.41 Å². The average molecular weight is 362 g/mol. The second-order valence-electron chi connectivity index (χ2n) is 9.73. The van der Waals surface area contributed by atoms with E-state index >= 15 is 0 Å². The van der Waals surface area contributed by atoms with Gasteiger partial charge in [-0.2, -0.15) is 0 Å².